The molecule has 0 radical (unpaired) electrons. The molecule has 0 fully saturated rings. The molecule has 0 amide bonds. The molecule has 0 heterocycles. The first-order valence-corrected chi connectivity index (χ1v) is 10.1. The molecule has 0 unspecified atom stereocenters. The molecule has 30 heavy (non-hydrogen) atoms. The number of ether oxygens (including phenoxy) is 1. The number of carboxylic acids is 1. The van der Waals surface area contributed by atoms with Crippen LogP contribution in [0.4, 0.5) is 8.78 Å². The highest BCUT2D eigenvalue weighted by atomic mass is 19.1. The van der Waals surface area contributed by atoms with E-state index < -0.39 is 23.2 Å². The molecule has 0 saturated carbocycles. The van der Waals surface area contributed by atoms with E-state index in [9.17, 15) is 14.3 Å². The molecule has 0 saturated heterocycles. The van der Waals surface area contributed by atoms with Gasteiger partial charge in [-0.2, -0.15) is 0 Å². The van der Waals surface area contributed by atoms with Crippen LogP contribution in [0.15, 0.2) is 60.7 Å². The molecule has 0 spiro atoms. The summed E-state index contributed by atoms with van der Waals surface area (Å²) in [6.07, 6.45) is 4.42. The lowest BCUT2D eigenvalue weighted by molar-refractivity contribution is 0.0692. The summed E-state index contributed by atoms with van der Waals surface area (Å²) < 4.78 is 34.2. The zero-order chi connectivity index (χ0) is 21.5. The van der Waals surface area contributed by atoms with Crippen LogP contribution < -0.4 is 4.74 Å². The number of carboxylic acid groups (broad SMARTS) is 1. The van der Waals surface area contributed by atoms with E-state index in [1.807, 2.05) is 0 Å². The van der Waals surface area contributed by atoms with E-state index in [2.05, 4.69) is 6.92 Å². The van der Waals surface area contributed by atoms with E-state index in [0.29, 0.717) is 29.0 Å². The van der Waals surface area contributed by atoms with Crippen LogP contribution in [0.1, 0.15) is 43.0 Å². The van der Waals surface area contributed by atoms with Crippen LogP contribution in [0, 0.1) is 11.6 Å². The summed E-state index contributed by atoms with van der Waals surface area (Å²) in [5, 5.41) is 9.33. The summed E-state index contributed by atoms with van der Waals surface area (Å²) in [6, 6.07) is 15.4. The molecule has 5 heteroatoms. The van der Waals surface area contributed by atoms with Crippen molar-refractivity contribution < 1.29 is 23.4 Å². The largest absolute Gasteiger partial charge is 0.494 e. The van der Waals surface area contributed by atoms with Crippen LogP contribution in [0.3, 0.4) is 0 Å². The second kappa shape index (κ2) is 10.0. The second-order valence-corrected chi connectivity index (χ2v) is 7.10. The highest BCUT2D eigenvalue weighted by molar-refractivity contribution is 5.94. The average molecular weight is 410 g/mol. The van der Waals surface area contributed by atoms with Gasteiger partial charge in [-0.25, -0.2) is 13.6 Å². The summed E-state index contributed by atoms with van der Waals surface area (Å²) in [5.74, 6) is -1.89. The predicted molar refractivity (Wildman–Crippen MR) is 114 cm³/mol. The minimum atomic E-state index is -1.34. The molecule has 1 N–H and O–H groups in total. The monoisotopic (exact) mass is 410 g/mol. The van der Waals surface area contributed by atoms with Crippen LogP contribution in [0.5, 0.6) is 5.75 Å². The Morgan fingerprint density at radius 2 is 1.53 bits per heavy atom. The quantitative estimate of drug-likeness (QED) is 0.388. The summed E-state index contributed by atoms with van der Waals surface area (Å²) >= 11 is 0. The Labute approximate surface area is 175 Å². The van der Waals surface area contributed by atoms with Gasteiger partial charge < -0.3 is 9.84 Å². The smallest absolute Gasteiger partial charge is 0.338 e. The molecule has 0 aliphatic heterocycles. The molecule has 0 atom stereocenters. The molecule has 3 aromatic rings. The van der Waals surface area contributed by atoms with Crippen LogP contribution in [-0.2, 0) is 0 Å². The van der Waals surface area contributed by atoms with Gasteiger partial charge in [-0.3, -0.25) is 0 Å². The third-order valence-electron chi connectivity index (χ3n) is 4.94. The van der Waals surface area contributed by atoms with E-state index in [4.69, 9.17) is 4.74 Å². The number of unbranched alkanes of at least 4 members (excludes halogenated alkanes) is 3. The van der Waals surface area contributed by atoms with Gasteiger partial charge in [-0.05, 0) is 53.4 Å². The topological polar surface area (TPSA) is 46.5 Å². The molecular formula is C25H24F2O3. The molecule has 3 nitrogen and oxygen atoms in total. The zero-order valence-electron chi connectivity index (χ0n) is 16.8. The average Bonchev–Trinajstić information content (AvgIpc) is 2.74. The molecule has 156 valence electrons. The molecule has 0 aliphatic rings. The number of carbonyl (C=O) groups is 1. The number of rotatable bonds is 9. The summed E-state index contributed by atoms with van der Waals surface area (Å²) in [6.45, 7) is 2.77. The molecule has 0 bridgehead atoms. The number of hydrogen-bond donors (Lipinski definition) is 1. The number of halogens is 2. The molecule has 0 aromatic heterocycles. The third kappa shape index (κ3) is 5.03. The van der Waals surface area contributed by atoms with Crippen LogP contribution >= 0.6 is 0 Å². The standard InChI is InChI=1S/C25H24F2O3/c1-2-3-4-5-16-30-20-12-8-18(9-13-20)23-21(17-6-10-19(26)11-7-17)14-15-22(24(23)27)25(28)29/h6-15H,2-5,16H2,1H3,(H,28,29). The van der Waals surface area contributed by atoms with Gasteiger partial charge in [-0.1, -0.05) is 56.5 Å². The molecule has 3 aromatic carbocycles. The van der Waals surface area contributed by atoms with Gasteiger partial charge in [0, 0.05) is 5.56 Å². The van der Waals surface area contributed by atoms with E-state index in [1.54, 1.807) is 42.5 Å². The van der Waals surface area contributed by atoms with Crippen molar-refractivity contribution in [3.63, 3.8) is 0 Å². The normalized spacial score (nSPS) is 10.8. The van der Waals surface area contributed by atoms with Gasteiger partial charge in [0.1, 0.15) is 17.4 Å². The lowest BCUT2D eigenvalue weighted by atomic mass is 9.92. The Kier molecular flexibility index (Phi) is 7.17. The Morgan fingerprint density at radius 1 is 0.867 bits per heavy atom. The lowest BCUT2D eigenvalue weighted by Gasteiger charge is -2.14. The summed E-state index contributed by atoms with van der Waals surface area (Å²) in [7, 11) is 0. The molecule has 0 aliphatic carbocycles. The zero-order valence-corrected chi connectivity index (χ0v) is 16.8. The first kappa shape index (κ1) is 21.5. The summed E-state index contributed by atoms with van der Waals surface area (Å²) in [5.41, 5.74) is 1.36. The predicted octanol–water partition coefficient (Wildman–Crippen LogP) is 6.96. The Bertz CT molecular complexity index is 996. The van der Waals surface area contributed by atoms with Gasteiger partial charge in [0.2, 0.25) is 0 Å². The van der Waals surface area contributed by atoms with Crippen LogP contribution in [0.25, 0.3) is 22.3 Å². The first-order valence-electron chi connectivity index (χ1n) is 10.1. The Balaban J connectivity index is 1.94. The first-order chi connectivity index (χ1) is 14.5. The van der Waals surface area contributed by atoms with Gasteiger partial charge >= 0.3 is 5.97 Å². The van der Waals surface area contributed by atoms with Crippen molar-refractivity contribution >= 4 is 5.97 Å². The Hall–Kier alpha value is -3.21. The van der Waals surface area contributed by atoms with Crippen molar-refractivity contribution in [3.05, 3.63) is 77.9 Å². The van der Waals surface area contributed by atoms with Gasteiger partial charge in [0.05, 0.1) is 12.2 Å². The van der Waals surface area contributed by atoms with Crippen molar-refractivity contribution in [2.45, 2.75) is 32.6 Å². The minimum Gasteiger partial charge on any atom is -0.494 e. The van der Waals surface area contributed by atoms with Crippen molar-refractivity contribution in [3.8, 4) is 28.0 Å². The Morgan fingerprint density at radius 3 is 2.17 bits per heavy atom. The van der Waals surface area contributed by atoms with Gasteiger partial charge in [0.15, 0.2) is 0 Å². The van der Waals surface area contributed by atoms with Crippen molar-refractivity contribution in [1.29, 1.82) is 0 Å². The number of benzene rings is 3. The number of aromatic carboxylic acids is 1. The maximum atomic E-state index is 15.2. The highest BCUT2D eigenvalue weighted by Crippen LogP contribution is 2.36. The molecular weight excluding hydrogens is 386 g/mol. The van der Waals surface area contributed by atoms with E-state index in [1.165, 1.54) is 24.6 Å². The van der Waals surface area contributed by atoms with Gasteiger partial charge in [-0.15, -0.1) is 0 Å². The highest BCUT2D eigenvalue weighted by Gasteiger charge is 2.20. The van der Waals surface area contributed by atoms with Gasteiger partial charge in [0.25, 0.3) is 0 Å². The third-order valence-corrected chi connectivity index (χ3v) is 4.94. The fraction of sp³-hybridized carbons (Fsp3) is 0.240. The van der Waals surface area contributed by atoms with Crippen molar-refractivity contribution in [1.82, 2.24) is 0 Å². The number of hydrogen-bond acceptors (Lipinski definition) is 2. The fourth-order valence-corrected chi connectivity index (χ4v) is 3.33. The second-order valence-electron chi connectivity index (χ2n) is 7.10. The van der Waals surface area contributed by atoms with E-state index in [0.717, 1.165) is 19.3 Å². The molecule has 3 rings (SSSR count). The van der Waals surface area contributed by atoms with Crippen LogP contribution in [0.2, 0.25) is 0 Å². The van der Waals surface area contributed by atoms with E-state index in [-0.39, 0.29) is 5.56 Å². The van der Waals surface area contributed by atoms with Crippen molar-refractivity contribution in [2.24, 2.45) is 0 Å². The fourth-order valence-electron chi connectivity index (χ4n) is 3.33. The van der Waals surface area contributed by atoms with Crippen molar-refractivity contribution in [2.75, 3.05) is 6.61 Å². The minimum absolute atomic E-state index is 0.163. The SMILES string of the molecule is CCCCCCOc1ccc(-c2c(-c3ccc(F)cc3)ccc(C(=O)O)c2F)cc1. The summed E-state index contributed by atoms with van der Waals surface area (Å²) in [4.78, 5) is 11.4. The van der Waals surface area contributed by atoms with E-state index >= 15 is 4.39 Å². The van der Waals surface area contributed by atoms with Crippen LogP contribution in [-0.4, -0.2) is 17.7 Å². The maximum Gasteiger partial charge on any atom is 0.338 e. The lowest BCUT2D eigenvalue weighted by Crippen LogP contribution is -2.03. The maximum absolute atomic E-state index is 15.2.